The fourth-order valence-electron chi connectivity index (χ4n) is 1.89. The molecular formula is C15H16N2O. The molecule has 3 heteroatoms. The van der Waals surface area contributed by atoms with E-state index < -0.39 is 0 Å². The van der Waals surface area contributed by atoms with Gasteiger partial charge in [-0.1, -0.05) is 18.2 Å². The maximum Gasteiger partial charge on any atom is 0.143 e. The van der Waals surface area contributed by atoms with Crippen LogP contribution in [0.4, 0.5) is 5.69 Å². The zero-order chi connectivity index (χ0) is 13.0. The molecule has 0 spiro atoms. The molecule has 0 fully saturated rings. The number of Topliss-reactive ketones (excluding diaryl/α,β-unsaturated/α-hetero) is 1. The maximum absolute atomic E-state index is 11.9. The van der Waals surface area contributed by atoms with E-state index in [0.29, 0.717) is 18.5 Å². The number of nitrogens with zero attached hydrogens (tertiary/aromatic N) is 1. The molecule has 0 amide bonds. The Morgan fingerprint density at radius 2 is 1.94 bits per heavy atom. The fourth-order valence-corrected chi connectivity index (χ4v) is 1.89. The van der Waals surface area contributed by atoms with Gasteiger partial charge < -0.3 is 5.73 Å². The number of nitrogens with two attached hydrogens (primary N) is 1. The van der Waals surface area contributed by atoms with Crippen LogP contribution in [0.25, 0.3) is 0 Å². The largest absolute Gasteiger partial charge is 0.399 e. The first-order chi connectivity index (χ1) is 8.63. The monoisotopic (exact) mass is 240 g/mol. The Morgan fingerprint density at radius 3 is 2.67 bits per heavy atom. The van der Waals surface area contributed by atoms with Crippen molar-refractivity contribution in [3.05, 3.63) is 59.4 Å². The number of rotatable bonds is 4. The van der Waals surface area contributed by atoms with E-state index in [1.54, 1.807) is 0 Å². The average Bonchev–Trinajstić information content (AvgIpc) is 2.28. The number of ketones is 1. The Bertz CT molecular complexity index is 514. The minimum atomic E-state index is 0.152. The summed E-state index contributed by atoms with van der Waals surface area (Å²) in [6.07, 6.45) is 0.775. The van der Waals surface area contributed by atoms with Crippen LogP contribution >= 0.6 is 0 Å². The van der Waals surface area contributed by atoms with Crippen molar-refractivity contribution in [2.75, 3.05) is 5.73 Å². The molecule has 0 saturated carbocycles. The van der Waals surface area contributed by atoms with Gasteiger partial charge in [-0.3, -0.25) is 9.78 Å². The van der Waals surface area contributed by atoms with Crippen LogP contribution in [0.3, 0.4) is 0 Å². The van der Waals surface area contributed by atoms with Gasteiger partial charge in [-0.15, -0.1) is 0 Å². The van der Waals surface area contributed by atoms with Crippen LogP contribution in [0.2, 0.25) is 0 Å². The molecular weight excluding hydrogens is 224 g/mol. The number of pyridine rings is 1. The molecule has 0 atom stereocenters. The number of hydrogen-bond acceptors (Lipinski definition) is 3. The summed E-state index contributed by atoms with van der Waals surface area (Å²) in [6.45, 7) is 1.92. The number of carbonyl (C=O) groups excluding carboxylic acids is 1. The highest BCUT2D eigenvalue weighted by atomic mass is 16.1. The Morgan fingerprint density at radius 1 is 1.17 bits per heavy atom. The third-order valence-electron chi connectivity index (χ3n) is 2.68. The molecule has 1 aromatic heterocycles. The first-order valence-corrected chi connectivity index (χ1v) is 5.92. The summed E-state index contributed by atoms with van der Waals surface area (Å²) in [5.41, 5.74) is 9.08. The predicted molar refractivity (Wildman–Crippen MR) is 72.2 cm³/mol. The minimum Gasteiger partial charge on any atom is -0.399 e. The van der Waals surface area contributed by atoms with Crippen molar-refractivity contribution < 1.29 is 4.79 Å². The second-order valence-corrected chi connectivity index (χ2v) is 4.41. The van der Waals surface area contributed by atoms with Gasteiger partial charge in [-0.05, 0) is 36.8 Å². The topological polar surface area (TPSA) is 56.0 Å². The van der Waals surface area contributed by atoms with Crippen LogP contribution in [0, 0.1) is 6.92 Å². The number of hydrogen-bond donors (Lipinski definition) is 1. The van der Waals surface area contributed by atoms with Crippen molar-refractivity contribution in [2.45, 2.75) is 19.8 Å². The van der Waals surface area contributed by atoms with Gasteiger partial charge >= 0.3 is 0 Å². The Labute approximate surface area is 107 Å². The van der Waals surface area contributed by atoms with E-state index in [9.17, 15) is 4.79 Å². The number of aryl methyl sites for hydroxylation is 1. The molecule has 2 rings (SSSR count). The van der Waals surface area contributed by atoms with Crippen LogP contribution in [-0.4, -0.2) is 10.8 Å². The van der Waals surface area contributed by atoms with E-state index in [0.717, 1.165) is 17.0 Å². The van der Waals surface area contributed by atoms with E-state index in [1.807, 2.05) is 49.4 Å². The summed E-state index contributed by atoms with van der Waals surface area (Å²) < 4.78 is 0. The van der Waals surface area contributed by atoms with Crippen LogP contribution < -0.4 is 5.73 Å². The molecule has 0 radical (unpaired) electrons. The molecule has 0 aliphatic rings. The number of aromatic nitrogens is 1. The van der Waals surface area contributed by atoms with Gasteiger partial charge in [-0.2, -0.15) is 0 Å². The van der Waals surface area contributed by atoms with Crippen molar-refractivity contribution >= 4 is 11.5 Å². The lowest BCUT2D eigenvalue weighted by molar-refractivity contribution is -0.117. The first kappa shape index (κ1) is 12.3. The smallest absolute Gasteiger partial charge is 0.143 e. The molecule has 18 heavy (non-hydrogen) atoms. The van der Waals surface area contributed by atoms with Gasteiger partial charge in [0.15, 0.2) is 0 Å². The number of carbonyl (C=O) groups is 1. The highest BCUT2D eigenvalue weighted by molar-refractivity contribution is 5.82. The van der Waals surface area contributed by atoms with Gasteiger partial charge in [0.1, 0.15) is 5.78 Å². The van der Waals surface area contributed by atoms with Crippen LogP contribution in [0.15, 0.2) is 42.5 Å². The van der Waals surface area contributed by atoms with Crippen molar-refractivity contribution in [3.63, 3.8) is 0 Å². The second kappa shape index (κ2) is 5.45. The average molecular weight is 240 g/mol. The Hall–Kier alpha value is -2.16. The highest BCUT2D eigenvalue weighted by Crippen LogP contribution is 2.09. The molecule has 0 aliphatic carbocycles. The molecule has 92 valence electrons. The lowest BCUT2D eigenvalue weighted by atomic mass is 10.0. The van der Waals surface area contributed by atoms with Crippen LogP contribution in [0.5, 0.6) is 0 Å². The zero-order valence-electron chi connectivity index (χ0n) is 10.4. The second-order valence-electron chi connectivity index (χ2n) is 4.41. The normalized spacial score (nSPS) is 10.3. The lowest BCUT2D eigenvalue weighted by Crippen LogP contribution is -2.08. The Kier molecular flexibility index (Phi) is 3.72. The number of anilines is 1. The van der Waals surface area contributed by atoms with Crippen LogP contribution in [0.1, 0.15) is 17.0 Å². The minimum absolute atomic E-state index is 0.152. The Balaban J connectivity index is 2.01. The SMILES string of the molecule is Cc1cccc(CC(=O)Cc2cccc(N)c2)n1. The summed E-state index contributed by atoms with van der Waals surface area (Å²) in [7, 11) is 0. The molecule has 1 heterocycles. The highest BCUT2D eigenvalue weighted by Gasteiger charge is 2.06. The predicted octanol–water partition coefficient (Wildman–Crippen LogP) is 2.33. The van der Waals surface area contributed by atoms with Crippen molar-refractivity contribution in [2.24, 2.45) is 0 Å². The standard InChI is InChI=1S/C15H16N2O/c1-11-4-2-7-14(17-11)10-15(18)9-12-5-3-6-13(16)8-12/h2-8H,9-10,16H2,1H3. The van der Waals surface area contributed by atoms with Gasteiger partial charge in [-0.25, -0.2) is 0 Å². The van der Waals surface area contributed by atoms with Gasteiger partial charge in [0.25, 0.3) is 0 Å². The third-order valence-corrected chi connectivity index (χ3v) is 2.68. The summed E-state index contributed by atoms with van der Waals surface area (Å²) in [5, 5.41) is 0. The molecule has 2 aromatic rings. The quantitative estimate of drug-likeness (QED) is 0.834. The molecule has 3 nitrogen and oxygen atoms in total. The molecule has 2 N–H and O–H groups in total. The summed E-state index contributed by atoms with van der Waals surface area (Å²) in [6, 6.07) is 13.2. The van der Waals surface area contributed by atoms with E-state index >= 15 is 0 Å². The molecule has 0 saturated heterocycles. The maximum atomic E-state index is 11.9. The van der Waals surface area contributed by atoms with E-state index in [-0.39, 0.29) is 5.78 Å². The lowest BCUT2D eigenvalue weighted by Gasteiger charge is -2.03. The molecule has 0 aliphatic heterocycles. The number of nitrogen functional groups attached to an aromatic ring is 1. The first-order valence-electron chi connectivity index (χ1n) is 5.92. The third kappa shape index (κ3) is 3.42. The molecule has 1 aromatic carbocycles. The van der Waals surface area contributed by atoms with Crippen molar-refractivity contribution in [1.29, 1.82) is 0 Å². The van der Waals surface area contributed by atoms with E-state index in [2.05, 4.69) is 4.98 Å². The van der Waals surface area contributed by atoms with Gasteiger partial charge in [0.2, 0.25) is 0 Å². The van der Waals surface area contributed by atoms with Crippen LogP contribution in [-0.2, 0) is 17.6 Å². The fraction of sp³-hybridized carbons (Fsp3) is 0.200. The van der Waals surface area contributed by atoms with E-state index in [4.69, 9.17) is 5.73 Å². The van der Waals surface area contributed by atoms with Crippen molar-refractivity contribution in [1.82, 2.24) is 4.98 Å². The molecule has 0 bridgehead atoms. The summed E-state index contributed by atoms with van der Waals surface area (Å²) in [5.74, 6) is 0.152. The van der Waals surface area contributed by atoms with E-state index in [1.165, 1.54) is 0 Å². The zero-order valence-corrected chi connectivity index (χ0v) is 10.4. The summed E-state index contributed by atoms with van der Waals surface area (Å²) in [4.78, 5) is 16.3. The molecule has 0 unspecified atom stereocenters. The van der Waals surface area contributed by atoms with Crippen molar-refractivity contribution in [3.8, 4) is 0 Å². The van der Waals surface area contributed by atoms with Gasteiger partial charge in [0.05, 0.1) is 0 Å². The number of benzene rings is 1. The summed E-state index contributed by atoms with van der Waals surface area (Å²) >= 11 is 0. The van der Waals surface area contributed by atoms with Gasteiger partial charge in [0, 0.05) is 29.9 Å².